The van der Waals surface area contributed by atoms with Gasteiger partial charge in [-0.1, -0.05) is 29.1 Å². The Bertz CT molecular complexity index is 1340. The summed E-state index contributed by atoms with van der Waals surface area (Å²) in [7, 11) is 0. The molecule has 0 saturated carbocycles. The van der Waals surface area contributed by atoms with Crippen LogP contribution in [0.1, 0.15) is 51.4 Å². The Hall–Kier alpha value is -2.38. The van der Waals surface area contributed by atoms with E-state index in [9.17, 15) is 4.79 Å². The number of benzene rings is 1. The van der Waals surface area contributed by atoms with Crippen LogP contribution in [0.3, 0.4) is 0 Å². The lowest BCUT2D eigenvalue weighted by molar-refractivity contribution is 0.392. The molecule has 31 heavy (non-hydrogen) atoms. The van der Waals surface area contributed by atoms with Gasteiger partial charge in [-0.2, -0.15) is 0 Å². The molecule has 0 radical (unpaired) electrons. The van der Waals surface area contributed by atoms with E-state index < -0.39 is 0 Å². The highest BCUT2D eigenvalue weighted by Crippen LogP contribution is 2.36. The Morgan fingerprint density at radius 1 is 1.16 bits per heavy atom. The second kappa shape index (κ2) is 7.95. The Balaban J connectivity index is 1.72. The van der Waals surface area contributed by atoms with Crippen LogP contribution in [0.25, 0.3) is 15.9 Å². The molecule has 0 atom stereocenters. The highest BCUT2D eigenvalue weighted by Gasteiger charge is 2.24. The maximum atomic E-state index is 13.9. The lowest BCUT2D eigenvalue weighted by Gasteiger charge is -2.16. The van der Waals surface area contributed by atoms with Crippen molar-refractivity contribution in [1.82, 2.24) is 14.7 Å². The predicted molar refractivity (Wildman–Crippen MR) is 127 cm³/mol. The lowest BCUT2D eigenvalue weighted by atomic mass is 9.97. The van der Waals surface area contributed by atoms with Crippen LogP contribution >= 0.6 is 23.1 Å². The largest absolute Gasteiger partial charge is 0.361 e. The van der Waals surface area contributed by atoms with E-state index in [1.165, 1.54) is 16.9 Å². The van der Waals surface area contributed by atoms with Crippen molar-refractivity contribution in [1.29, 1.82) is 0 Å². The molecule has 0 unspecified atom stereocenters. The lowest BCUT2D eigenvalue weighted by Crippen LogP contribution is -2.23. The molecular formula is C24H25N3O2S2. The number of thiophene rings is 1. The fourth-order valence-corrected chi connectivity index (χ4v) is 6.76. The second-order valence-corrected chi connectivity index (χ2v) is 10.3. The molecule has 0 saturated heterocycles. The zero-order valence-corrected chi connectivity index (χ0v) is 19.9. The van der Waals surface area contributed by atoms with E-state index in [1.54, 1.807) is 23.1 Å². The molecule has 1 aliphatic carbocycles. The summed E-state index contributed by atoms with van der Waals surface area (Å²) in [4.78, 5) is 21.2. The van der Waals surface area contributed by atoms with Gasteiger partial charge in [-0.05, 0) is 76.1 Å². The highest BCUT2D eigenvalue weighted by molar-refractivity contribution is 7.98. The molecule has 0 N–H and O–H groups in total. The smallest absolute Gasteiger partial charge is 0.267 e. The molecule has 3 aromatic heterocycles. The highest BCUT2D eigenvalue weighted by atomic mass is 32.2. The maximum Gasteiger partial charge on any atom is 0.267 e. The number of hydrogen-bond donors (Lipinski definition) is 0. The van der Waals surface area contributed by atoms with Crippen LogP contribution in [0.15, 0.2) is 32.7 Å². The number of thioether (sulfide) groups is 1. The molecule has 0 spiro atoms. The zero-order valence-electron chi connectivity index (χ0n) is 18.2. The van der Waals surface area contributed by atoms with Crippen molar-refractivity contribution >= 4 is 33.3 Å². The number of nitrogens with zero attached hydrogens (tertiary/aromatic N) is 3. The Morgan fingerprint density at radius 2 is 1.97 bits per heavy atom. The number of aromatic nitrogens is 3. The first-order valence-electron chi connectivity index (χ1n) is 10.6. The average molecular weight is 452 g/mol. The third-order valence-corrected chi connectivity index (χ3v) is 8.24. The van der Waals surface area contributed by atoms with Gasteiger partial charge in [0, 0.05) is 16.2 Å². The fraction of sp³-hybridized carbons (Fsp3) is 0.375. The van der Waals surface area contributed by atoms with Crippen LogP contribution in [0.5, 0.6) is 0 Å². The van der Waals surface area contributed by atoms with Crippen molar-refractivity contribution in [2.45, 2.75) is 64.3 Å². The summed E-state index contributed by atoms with van der Waals surface area (Å²) in [5, 5.41) is 5.62. The summed E-state index contributed by atoms with van der Waals surface area (Å²) >= 11 is 3.28. The third-order valence-electron chi connectivity index (χ3n) is 6.09. The molecule has 0 fully saturated rings. The summed E-state index contributed by atoms with van der Waals surface area (Å²) in [6.07, 6.45) is 4.37. The molecule has 1 aliphatic rings. The molecule has 160 valence electrons. The van der Waals surface area contributed by atoms with E-state index in [1.807, 2.05) is 18.4 Å². The first-order valence-corrected chi connectivity index (χ1v) is 12.4. The molecule has 3 heterocycles. The van der Waals surface area contributed by atoms with Gasteiger partial charge in [0.1, 0.15) is 10.6 Å². The number of hydrogen-bond acceptors (Lipinski definition) is 6. The summed E-state index contributed by atoms with van der Waals surface area (Å²) in [6.45, 7) is 7.99. The predicted octanol–water partition coefficient (Wildman–Crippen LogP) is 5.84. The first-order chi connectivity index (χ1) is 14.9. The van der Waals surface area contributed by atoms with E-state index in [0.717, 1.165) is 68.5 Å². The summed E-state index contributed by atoms with van der Waals surface area (Å²) < 4.78 is 7.16. The van der Waals surface area contributed by atoms with Gasteiger partial charge in [-0.3, -0.25) is 9.36 Å². The molecule has 1 aromatic carbocycles. The topological polar surface area (TPSA) is 60.9 Å². The Labute approximate surface area is 189 Å². The van der Waals surface area contributed by atoms with Gasteiger partial charge in [0.2, 0.25) is 0 Å². The summed E-state index contributed by atoms with van der Waals surface area (Å²) in [5.74, 6) is 1.48. The van der Waals surface area contributed by atoms with E-state index in [4.69, 9.17) is 9.51 Å². The molecule has 5 nitrogen and oxygen atoms in total. The molecule has 7 heteroatoms. The van der Waals surface area contributed by atoms with E-state index >= 15 is 0 Å². The van der Waals surface area contributed by atoms with E-state index in [0.29, 0.717) is 5.75 Å². The first kappa shape index (κ1) is 20.5. The van der Waals surface area contributed by atoms with E-state index in [-0.39, 0.29) is 5.56 Å². The molecule has 4 aromatic rings. The van der Waals surface area contributed by atoms with Crippen LogP contribution in [0, 0.1) is 27.7 Å². The molecule has 0 aliphatic heterocycles. The van der Waals surface area contributed by atoms with Crippen molar-refractivity contribution in [2.75, 3.05) is 0 Å². The van der Waals surface area contributed by atoms with Gasteiger partial charge in [-0.25, -0.2) is 4.98 Å². The summed E-state index contributed by atoms with van der Waals surface area (Å²) in [6, 6.07) is 6.25. The number of rotatable bonds is 4. The molecule has 0 bridgehead atoms. The van der Waals surface area contributed by atoms with Crippen molar-refractivity contribution < 1.29 is 4.52 Å². The van der Waals surface area contributed by atoms with Crippen LogP contribution in [-0.4, -0.2) is 14.7 Å². The van der Waals surface area contributed by atoms with Crippen molar-refractivity contribution in [2.24, 2.45) is 0 Å². The van der Waals surface area contributed by atoms with Gasteiger partial charge >= 0.3 is 0 Å². The quantitative estimate of drug-likeness (QED) is 0.288. The Morgan fingerprint density at radius 3 is 2.74 bits per heavy atom. The second-order valence-electron chi connectivity index (χ2n) is 8.31. The fourth-order valence-electron chi connectivity index (χ4n) is 4.30. The minimum atomic E-state index is 0.0550. The molecular weight excluding hydrogens is 426 g/mol. The van der Waals surface area contributed by atoms with Gasteiger partial charge in [0.05, 0.1) is 16.8 Å². The van der Waals surface area contributed by atoms with Gasteiger partial charge in [-0.15, -0.1) is 11.3 Å². The molecule has 0 amide bonds. The minimum absolute atomic E-state index is 0.0550. The standard InChI is InChI=1S/C24H25N3O2S2/c1-13-9-10-14(2)19(11-13)27-23(28)21-17-7-5-6-8-20(17)31-22(21)25-24(27)30-12-18-15(3)26-29-16(18)4/h9-11H,5-8,12H2,1-4H3. The SMILES string of the molecule is Cc1ccc(C)c(-n2c(SCc3c(C)noc3C)nc3sc4c(c3c2=O)CCCC4)c1. The van der Waals surface area contributed by atoms with Gasteiger partial charge < -0.3 is 4.52 Å². The van der Waals surface area contributed by atoms with Crippen molar-refractivity contribution in [3.63, 3.8) is 0 Å². The van der Waals surface area contributed by atoms with Crippen LogP contribution < -0.4 is 5.56 Å². The zero-order chi connectivity index (χ0) is 21.7. The monoisotopic (exact) mass is 451 g/mol. The van der Waals surface area contributed by atoms with Crippen LogP contribution in [0.2, 0.25) is 0 Å². The normalized spacial score (nSPS) is 13.7. The van der Waals surface area contributed by atoms with Crippen molar-refractivity contribution in [3.8, 4) is 5.69 Å². The van der Waals surface area contributed by atoms with Gasteiger partial charge in [0.25, 0.3) is 5.56 Å². The maximum absolute atomic E-state index is 13.9. The third kappa shape index (κ3) is 3.53. The van der Waals surface area contributed by atoms with Crippen LogP contribution in [0.4, 0.5) is 0 Å². The van der Waals surface area contributed by atoms with Crippen LogP contribution in [-0.2, 0) is 18.6 Å². The minimum Gasteiger partial charge on any atom is -0.361 e. The van der Waals surface area contributed by atoms with E-state index in [2.05, 4.69) is 37.2 Å². The summed E-state index contributed by atoms with van der Waals surface area (Å²) in [5.41, 5.74) is 6.34. The number of aryl methyl sites for hydroxylation is 6. The molecule has 5 rings (SSSR count). The Kier molecular flexibility index (Phi) is 5.26. The van der Waals surface area contributed by atoms with Crippen molar-refractivity contribution in [3.05, 3.63) is 67.1 Å². The number of fused-ring (bicyclic) bond motifs is 3. The van der Waals surface area contributed by atoms with Gasteiger partial charge in [0.15, 0.2) is 5.16 Å². The average Bonchev–Trinajstić information content (AvgIpc) is 3.28.